The average molecular weight is 309 g/mol. The summed E-state index contributed by atoms with van der Waals surface area (Å²) in [6.45, 7) is 0.481. The first-order chi connectivity index (χ1) is 10.3. The molecule has 1 saturated heterocycles. The first-order valence-electron chi connectivity index (χ1n) is 7.91. The first kappa shape index (κ1) is 14.9. The number of fused-ring (bicyclic) bond motifs is 1. The fourth-order valence-corrected chi connectivity index (χ4v) is 4.07. The van der Waals surface area contributed by atoms with Crippen molar-refractivity contribution >= 4 is 22.4 Å². The van der Waals surface area contributed by atoms with Crippen LogP contribution in [0.3, 0.4) is 0 Å². The molecule has 1 aliphatic heterocycles. The number of carbonyl (C=O) groups excluding carboxylic acids is 1. The molecule has 0 saturated carbocycles. The maximum atomic E-state index is 12.2. The summed E-state index contributed by atoms with van der Waals surface area (Å²) < 4.78 is 5.63. The van der Waals surface area contributed by atoms with Crippen LogP contribution in [0, 0.1) is 0 Å². The van der Waals surface area contributed by atoms with E-state index in [2.05, 4.69) is 10.3 Å². The molecule has 2 atom stereocenters. The maximum absolute atomic E-state index is 12.2. The zero-order chi connectivity index (χ0) is 14.7. The quantitative estimate of drug-likeness (QED) is 0.898. The van der Waals surface area contributed by atoms with E-state index in [4.69, 9.17) is 10.5 Å². The Kier molecular flexibility index (Phi) is 4.87. The number of nitrogens with one attached hydrogen (secondary N) is 1. The lowest BCUT2D eigenvalue weighted by Gasteiger charge is -2.11. The van der Waals surface area contributed by atoms with E-state index >= 15 is 0 Å². The van der Waals surface area contributed by atoms with E-state index < -0.39 is 0 Å². The minimum atomic E-state index is -0.370. The lowest BCUT2D eigenvalue weighted by molar-refractivity contribution is -0.126. The number of rotatable bonds is 3. The number of aromatic nitrogens is 1. The van der Waals surface area contributed by atoms with E-state index in [1.807, 2.05) is 0 Å². The van der Waals surface area contributed by atoms with Crippen LogP contribution in [0.15, 0.2) is 0 Å². The zero-order valence-electron chi connectivity index (χ0n) is 12.3. The highest BCUT2D eigenvalue weighted by molar-refractivity contribution is 7.15. The van der Waals surface area contributed by atoms with Crippen LogP contribution in [0.1, 0.15) is 49.1 Å². The van der Waals surface area contributed by atoms with E-state index in [0.29, 0.717) is 6.54 Å². The largest absolute Gasteiger partial charge is 0.364 e. The second kappa shape index (κ2) is 6.85. The number of carbonyl (C=O) groups is 1. The third kappa shape index (κ3) is 3.62. The molecule has 6 heteroatoms. The molecule has 5 nitrogen and oxygen atoms in total. The third-order valence-corrected chi connectivity index (χ3v) is 5.31. The van der Waals surface area contributed by atoms with E-state index in [-0.39, 0.29) is 18.1 Å². The van der Waals surface area contributed by atoms with Crippen molar-refractivity contribution in [1.29, 1.82) is 0 Å². The van der Waals surface area contributed by atoms with Gasteiger partial charge in [-0.25, -0.2) is 4.98 Å². The summed E-state index contributed by atoms with van der Waals surface area (Å²) in [4.78, 5) is 18.2. The Balaban J connectivity index is 1.62. The van der Waals surface area contributed by atoms with Crippen LogP contribution in [0.4, 0.5) is 5.13 Å². The van der Waals surface area contributed by atoms with Gasteiger partial charge in [0.25, 0.3) is 5.91 Å². The molecule has 3 rings (SSSR count). The Labute approximate surface area is 129 Å². The van der Waals surface area contributed by atoms with Gasteiger partial charge in [0, 0.05) is 11.4 Å². The molecule has 0 unspecified atom stereocenters. The Morgan fingerprint density at radius 1 is 1.29 bits per heavy atom. The molecule has 116 valence electrons. The van der Waals surface area contributed by atoms with Crippen molar-refractivity contribution in [3.63, 3.8) is 0 Å². The van der Waals surface area contributed by atoms with E-state index in [9.17, 15) is 4.79 Å². The van der Waals surface area contributed by atoms with Gasteiger partial charge in [0.1, 0.15) is 6.10 Å². The molecule has 0 bridgehead atoms. The number of hydrogen-bond acceptors (Lipinski definition) is 5. The van der Waals surface area contributed by atoms with Gasteiger partial charge in [0.15, 0.2) is 5.13 Å². The predicted molar refractivity (Wildman–Crippen MR) is 83.6 cm³/mol. The van der Waals surface area contributed by atoms with E-state index in [1.165, 1.54) is 36.3 Å². The van der Waals surface area contributed by atoms with Crippen molar-refractivity contribution in [3.8, 4) is 0 Å². The summed E-state index contributed by atoms with van der Waals surface area (Å²) in [5.74, 6) is -0.0762. The number of ether oxygens (including phenoxy) is 1. The lowest BCUT2D eigenvalue weighted by Crippen LogP contribution is -2.29. The van der Waals surface area contributed by atoms with Gasteiger partial charge in [-0.05, 0) is 38.5 Å². The average Bonchev–Trinajstić information content (AvgIpc) is 3.06. The summed E-state index contributed by atoms with van der Waals surface area (Å²) in [7, 11) is 0. The molecule has 1 amide bonds. The molecule has 2 heterocycles. The first-order valence-corrected chi connectivity index (χ1v) is 8.73. The Bertz CT molecular complexity index is 478. The fraction of sp³-hybridized carbons (Fsp3) is 0.733. The molecule has 0 spiro atoms. The second-order valence-corrected chi connectivity index (χ2v) is 6.94. The number of aryl methyl sites for hydroxylation is 2. The van der Waals surface area contributed by atoms with Crippen molar-refractivity contribution in [2.75, 3.05) is 11.9 Å². The molecule has 0 aromatic carbocycles. The van der Waals surface area contributed by atoms with Crippen molar-refractivity contribution in [3.05, 3.63) is 10.6 Å². The minimum Gasteiger partial charge on any atom is -0.364 e. The number of thiazole rings is 1. The monoisotopic (exact) mass is 309 g/mol. The highest BCUT2D eigenvalue weighted by Crippen LogP contribution is 2.29. The number of anilines is 1. The molecule has 0 radical (unpaired) electrons. The number of amides is 1. The third-order valence-electron chi connectivity index (χ3n) is 4.24. The van der Waals surface area contributed by atoms with Gasteiger partial charge in [-0.3, -0.25) is 10.1 Å². The highest BCUT2D eigenvalue weighted by atomic mass is 32.1. The molecule has 21 heavy (non-hydrogen) atoms. The van der Waals surface area contributed by atoms with Crippen LogP contribution in [0.2, 0.25) is 0 Å². The van der Waals surface area contributed by atoms with Crippen molar-refractivity contribution < 1.29 is 9.53 Å². The van der Waals surface area contributed by atoms with E-state index in [0.717, 1.165) is 30.8 Å². The normalized spacial score (nSPS) is 26.0. The molecule has 1 aromatic heterocycles. The standard InChI is InChI=1S/C15H23N3O2S/c16-9-10-7-8-12(20-10)14(19)18-15-17-11-5-3-1-2-4-6-13(11)21-15/h10,12H,1-9,16H2,(H,17,18,19)/t10-,12+/m1/s1. The number of nitrogens with zero attached hydrogens (tertiary/aromatic N) is 1. The maximum Gasteiger partial charge on any atom is 0.255 e. The second-order valence-electron chi connectivity index (χ2n) is 5.85. The van der Waals surface area contributed by atoms with Crippen molar-refractivity contribution in [1.82, 2.24) is 4.98 Å². The fourth-order valence-electron chi connectivity index (χ4n) is 3.02. The zero-order valence-corrected chi connectivity index (χ0v) is 13.1. The van der Waals surface area contributed by atoms with Gasteiger partial charge in [-0.1, -0.05) is 12.8 Å². The lowest BCUT2D eigenvalue weighted by atomic mass is 10.0. The minimum absolute atomic E-state index is 0.0253. The smallest absolute Gasteiger partial charge is 0.255 e. The van der Waals surface area contributed by atoms with Gasteiger partial charge >= 0.3 is 0 Å². The van der Waals surface area contributed by atoms with Crippen LogP contribution in [0.5, 0.6) is 0 Å². The molecular weight excluding hydrogens is 286 g/mol. The van der Waals surface area contributed by atoms with Crippen molar-refractivity contribution in [2.24, 2.45) is 5.73 Å². The van der Waals surface area contributed by atoms with Crippen LogP contribution < -0.4 is 11.1 Å². The summed E-state index contributed by atoms with van der Waals surface area (Å²) in [6.07, 6.45) is 8.42. The molecular formula is C15H23N3O2S. The van der Waals surface area contributed by atoms with E-state index in [1.54, 1.807) is 11.3 Å². The predicted octanol–water partition coefficient (Wildman–Crippen LogP) is 2.25. The van der Waals surface area contributed by atoms with Crippen LogP contribution >= 0.6 is 11.3 Å². The molecule has 2 aliphatic rings. The van der Waals surface area contributed by atoms with Crippen molar-refractivity contribution in [2.45, 2.75) is 63.6 Å². The van der Waals surface area contributed by atoms with Gasteiger partial charge in [0.05, 0.1) is 11.8 Å². The highest BCUT2D eigenvalue weighted by Gasteiger charge is 2.30. The summed E-state index contributed by atoms with van der Waals surface area (Å²) in [5.41, 5.74) is 6.76. The molecule has 3 N–H and O–H groups in total. The molecule has 1 aromatic rings. The van der Waals surface area contributed by atoms with Crippen LogP contribution in [0.25, 0.3) is 0 Å². The molecule has 1 aliphatic carbocycles. The van der Waals surface area contributed by atoms with Gasteiger partial charge in [-0.15, -0.1) is 11.3 Å². The van der Waals surface area contributed by atoms with Crippen LogP contribution in [-0.4, -0.2) is 29.6 Å². The summed E-state index contributed by atoms with van der Waals surface area (Å²) in [5, 5.41) is 3.66. The Hall–Kier alpha value is -0.980. The Morgan fingerprint density at radius 2 is 2.10 bits per heavy atom. The van der Waals surface area contributed by atoms with Gasteiger partial charge < -0.3 is 10.5 Å². The summed E-state index contributed by atoms with van der Waals surface area (Å²) in [6, 6.07) is 0. The van der Waals surface area contributed by atoms with Gasteiger partial charge in [0.2, 0.25) is 0 Å². The van der Waals surface area contributed by atoms with Gasteiger partial charge in [-0.2, -0.15) is 0 Å². The topological polar surface area (TPSA) is 77.2 Å². The number of hydrogen-bond donors (Lipinski definition) is 2. The van der Waals surface area contributed by atoms with Crippen LogP contribution in [-0.2, 0) is 22.4 Å². The Morgan fingerprint density at radius 3 is 2.86 bits per heavy atom. The summed E-state index contributed by atoms with van der Waals surface area (Å²) >= 11 is 1.63. The molecule has 1 fully saturated rings. The number of nitrogens with two attached hydrogens (primary N) is 1. The SMILES string of the molecule is NC[C@H]1CC[C@@H](C(=O)Nc2nc3c(s2)CCCCCC3)O1.